The summed E-state index contributed by atoms with van der Waals surface area (Å²) in [5.41, 5.74) is 2.00. The third kappa shape index (κ3) is 4.27. The number of nitro groups is 1. The molecule has 1 aromatic heterocycles. The van der Waals surface area contributed by atoms with Crippen molar-refractivity contribution < 1.29 is 14.1 Å². The van der Waals surface area contributed by atoms with E-state index in [0.717, 1.165) is 5.69 Å². The molecule has 0 saturated carbocycles. The summed E-state index contributed by atoms with van der Waals surface area (Å²) in [6.07, 6.45) is 1.60. The molecule has 7 nitrogen and oxygen atoms in total. The second-order valence-electron chi connectivity index (χ2n) is 7.05. The Hall–Kier alpha value is -3.14. The Labute approximate surface area is 198 Å². The monoisotopic (exact) mass is 485 g/mol. The number of hydrogen-bond acceptors (Lipinski definition) is 7. The number of carbonyl (C=O) groups excluding carboxylic acids is 1. The number of non-ortho nitro benzene ring substituents is 1. The molecule has 0 aliphatic carbocycles. The van der Waals surface area contributed by atoms with Crippen molar-refractivity contribution in [1.29, 1.82) is 0 Å². The molecule has 1 amide bonds. The number of thioether (sulfide) groups is 1. The number of nitrogens with zero attached hydrogens (tertiary/aromatic N) is 3. The van der Waals surface area contributed by atoms with E-state index >= 15 is 0 Å². The number of thiocarbonyl (C=S) groups is 1. The summed E-state index contributed by atoms with van der Waals surface area (Å²) < 4.78 is 6.22. The Morgan fingerprint density at radius 3 is 2.53 bits per heavy atom. The zero-order valence-corrected chi connectivity index (χ0v) is 19.3. The Balaban J connectivity index is 1.60. The van der Waals surface area contributed by atoms with Gasteiger partial charge in [-0.2, -0.15) is 0 Å². The lowest BCUT2D eigenvalue weighted by molar-refractivity contribution is -0.384. The molecular formula is C22H16ClN3O4S2. The molecule has 0 N–H and O–H groups in total. The van der Waals surface area contributed by atoms with Crippen LogP contribution in [0.25, 0.3) is 17.4 Å². The highest BCUT2D eigenvalue weighted by Crippen LogP contribution is 2.38. The van der Waals surface area contributed by atoms with Crippen LogP contribution in [-0.4, -0.2) is 29.2 Å². The van der Waals surface area contributed by atoms with Crippen LogP contribution in [0.3, 0.4) is 0 Å². The van der Waals surface area contributed by atoms with Crippen LogP contribution in [0.4, 0.5) is 17.1 Å². The van der Waals surface area contributed by atoms with Gasteiger partial charge in [-0.25, -0.2) is 0 Å². The highest BCUT2D eigenvalue weighted by atomic mass is 35.5. The smallest absolute Gasteiger partial charge is 0.270 e. The summed E-state index contributed by atoms with van der Waals surface area (Å²) in [7, 11) is 3.88. The van der Waals surface area contributed by atoms with Gasteiger partial charge in [0.25, 0.3) is 11.6 Å². The summed E-state index contributed by atoms with van der Waals surface area (Å²) >= 11 is 12.8. The summed E-state index contributed by atoms with van der Waals surface area (Å²) in [4.78, 5) is 27.4. The Bertz CT molecular complexity index is 1270. The van der Waals surface area contributed by atoms with Crippen molar-refractivity contribution in [2.75, 3.05) is 23.9 Å². The summed E-state index contributed by atoms with van der Waals surface area (Å²) in [5.74, 6) is 0.523. The first-order valence-corrected chi connectivity index (χ1v) is 10.9. The van der Waals surface area contributed by atoms with Crippen molar-refractivity contribution in [3.8, 4) is 11.3 Å². The molecule has 1 aliphatic heterocycles. The van der Waals surface area contributed by atoms with E-state index < -0.39 is 4.92 Å². The van der Waals surface area contributed by atoms with Gasteiger partial charge >= 0.3 is 0 Å². The molecule has 10 heteroatoms. The van der Waals surface area contributed by atoms with Crippen LogP contribution < -0.4 is 9.80 Å². The van der Waals surface area contributed by atoms with Crippen molar-refractivity contribution in [2.24, 2.45) is 0 Å². The van der Waals surface area contributed by atoms with Crippen LogP contribution in [0.2, 0.25) is 5.02 Å². The zero-order valence-electron chi connectivity index (χ0n) is 16.9. The van der Waals surface area contributed by atoms with Gasteiger partial charge in [0.2, 0.25) is 0 Å². The van der Waals surface area contributed by atoms with Gasteiger partial charge in [0, 0.05) is 43.6 Å². The number of rotatable bonds is 5. The molecule has 2 aromatic carbocycles. The molecule has 0 radical (unpaired) electrons. The quantitative estimate of drug-likeness (QED) is 0.190. The second kappa shape index (κ2) is 8.78. The lowest BCUT2D eigenvalue weighted by Gasteiger charge is -2.17. The lowest BCUT2D eigenvalue weighted by atomic mass is 10.1. The number of nitro benzene ring substituents is 1. The van der Waals surface area contributed by atoms with Crippen LogP contribution in [0.1, 0.15) is 5.76 Å². The van der Waals surface area contributed by atoms with E-state index in [-0.39, 0.29) is 11.6 Å². The van der Waals surface area contributed by atoms with Gasteiger partial charge in [0.05, 0.1) is 20.5 Å². The first-order valence-electron chi connectivity index (χ1n) is 9.34. The molecule has 2 heterocycles. The van der Waals surface area contributed by atoms with Gasteiger partial charge < -0.3 is 9.32 Å². The summed E-state index contributed by atoms with van der Waals surface area (Å²) in [6, 6.07) is 15.0. The molecule has 0 spiro atoms. The van der Waals surface area contributed by atoms with Crippen LogP contribution in [0.5, 0.6) is 0 Å². The minimum absolute atomic E-state index is 0.0940. The highest BCUT2D eigenvalue weighted by Gasteiger charge is 2.33. The van der Waals surface area contributed by atoms with Crippen molar-refractivity contribution in [3.63, 3.8) is 0 Å². The van der Waals surface area contributed by atoms with E-state index in [0.29, 0.717) is 37.0 Å². The molecule has 1 fully saturated rings. The normalized spacial score (nSPS) is 15.0. The molecule has 1 aliphatic rings. The van der Waals surface area contributed by atoms with Crippen LogP contribution in [0, 0.1) is 10.1 Å². The number of hydrogen-bond donors (Lipinski definition) is 0. The Morgan fingerprint density at radius 2 is 1.88 bits per heavy atom. The molecule has 162 valence electrons. The first kappa shape index (κ1) is 22.1. The number of anilines is 2. The standard InChI is InChI=1S/C22H16ClN3O4S2/c1-24(2)13-3-5-14(6-4-13)25-21(27)20(32-22(25)31)12-16-8-10-19(30-16)17-11-15(26(28)29)7-9-18(17)23/h3-12H,1-2H3/b20-12+. The Kier molecular flexibility index (Phi) is 6.05. The van der Waals surface area contributed by atoms with Crippen molar-refractivity contribution in [2.45, 2.75) is 0 Å². The topological polar surface area (TPSA) is 79.8 Å². The van der Waals surface area contributed by atoms with E-state index in [2.05, 4.69) is 0 Å². The van der Waals surface area contributed by atoms with E-state index in [1.807, 2.05) is 43.3 Å². The van der Waals surface area contributed by atoms with E-state index in [1.54, 1.807) is 18.2 Å². The largest absolute Gasteiger partial charge is 0.457 e. The molecule has 3 aromatic rings. The summed E-state index contributed by atoms with van der Waals surface area (Å²) in [6.45, 7) is 0. The van der Waals surface area contributed by atoms with E-state index in [1.165, 1.54) is 34.9 Å². The predicted octanol–water partition coefficient (Wildman–Crippen LogP) is 5.98. The minimum Gasteiger partial charge on any atom is -0.457 e. The SMILES string of the molecule is CN(C)c1ccc(N2C(=O)/C(=C\c3ccc(-c4cc([N+](=O)[O-])ccc4Cl)o3)SC2=S)cc1. The van der Waals surface area contributed by atoms with Gasteiger partial charge in [-0.05, 0) is 42.5 Å². The number of halogens is 1. The highest BCUT2D eigenvalue weighted by molar-refractivity contribution is 8.27. The molecule has 0 atom stereocenters. The fourth-order valence-corrected chi connectivity index (χ4v) is 4.60. The van der Waals surface area contributed by atoms with Gasteiger partial charge in [-0.3, -0.25) is 19.8 Å². The number of carbonyl (C=O) groups is 1. The average molecular weight is 486 g/mol. The average Bonchev–Trinajstić information content (AvgIpc) is 3.32. The van der Waals surface area contributed by atoms with Crippen LogP contribution in [0.15, 0.2) is 63.9 Å². The lowest BCUT2D eigenvalue weighted by Crippen LogP contribution is -2.27. The molecular weight excluding hydrogens is 470 g/mol. The zero-order chi connectivity index (χ0) is 23.0. The third-order valence-electron chi connectivity index (χ3n) is 4.74. The molecule has 0 bridgehead atoms. The van der Waals surface area contributed by atoms with Crippen LogP contribution >= 0.6 is 35.6 Å². The maximum Gasteiger partial charge on any atom is 0.270 e. The van der Waals surface area contributed by atoms with Crippen LogP contribution in [-0.2, 0) is 4.79 Å². The molecule has 1 saturated heterocycles. The van der Waals surface area contributed by atoms with Crippen molar-refractivity contribution in [3.05, 3.63) is 80.4 Å². The van der Waals surface area contributed by atoms with Gasteiger partial charge in [-0.15, -0.1) is 0 Å². The van der Waals surface area contributed by atoms with Gasteiger partial charge in [0.1, 0.15) is 11.5 Å². The van der Waals surface area contributed by atoms with Gasteiger partial charge in [-0.1, -0.05) is 35.6 Å². The summed E-state index contributed by atoms with van der Waals surface area (Å²) in [5, 5.41) is 11.4. The second-order valence-corrected chi connectivity index (χ2v) is 9.13. The molecule has 32 heavy (non-hydrogen) atoms. The third-order valence-corrected chi connectivity index (χ3v) is 6.38. The van der Waals surface area contributed by atoms with Crippen molar-refractivity contribution >= 4 is 68.9 Å². The Morgan fingerprint density at radius 1 is 1.16 bits per heavy atom. The number of furan rings is 1. The molecule has 0 unspecified atom stereocenters. The first-order chi connectivity index (χ1) is 15.2. The van der Waals surface area contributed by atoms with Gasteiger partial charge in [0.15, 0.2) is 4.32 Å². The maximum atomic E-state index is 13.0. The fourth-order valence-electron chi connectivity index (χ4n) is 3.11. The maximum absolute atomic E-state index is 13.0. The van der Waals surface area contributed by atoms with E-state index in [9.17, 15) is 14.9 Å². The van der Waals surface area contributed by atoms with E-state index in [4.69, 9.17) is 28.2 Å². The van der Waals surface area contributed by atoms with Crippen molar-refractivity contribution in [1.82, 2.24) is 0 Å². The number of benzene rings is 2. The predicted molar refractivity (Wildman–Crippen MR) is 132 cm³/mol. The number of amides is 1. The fraction of sp³-hybridized carbons (Fsp3) is 0.0909. The molecule has 4 rings (SSSR count). The minimum atomic E-state index is -0.500.